The Morgan fingerprint density at radius 1 is 1.47 bits per heavy atom. The van der Waals surface area contributed by atoms with Crippen molar-refractivity contribution in [2.45, 2.75) is 12.5 Å². The first-order valence-corrected chi connectivity index (χ1v) is 5.93. The zero-order chi connectivity index (χ0) is 10.7. The van der Waals surface area contributed by atoms with Gasteiger partial charge < -0.3 is 4.74 Å². The first-order valence-electron chi connectivity index (χ1n) is 4.85. The van der Waals surface area contributed by atoms with Gasteiger partial charge in [0.05, 0.1) is 6.61 Å². The van der Waals surface area contributed by atoms with E-state index in [1.807, 2.05) is 6.07 Å². The molecule has 1 aliphatic rings. The number of hydrazine groups is 1. The van der Waals surface area contributed by atoms with Gasteiger partial charge in [-0.15, -0.1) is 0 Å². The predicted octanol–water partition coefficient (Wildman–Crippen LogP) is 2.10. The van der Waals surface area contributed by atoms with Crippen LogP contribution in [0.25, 0.3) is 0 Å². The van der Waals surface area contributed by atoms with Crippen molar-refractivity contribution in [1.82, 2.24) is 5.43 Å². The fourth-order valence-corrected chi connectivity index (χ4v) is 2.23. The lowest BCUT2D eigenvalue weighted by Gasteiger charge is -2.17. The molecule has 0 radical (unpaired) electrons. The van der Waals surface area contributed by atoms with Crippen molar-refractivity contribution in [1.29, 1.82) is 0 Å². The van der Waals surface area contributed by atoms with Crippen LogP contribution in [0.2, 0.25) is 0 Å². The molecule has 0 aliphatic carbocycles. The topological polar surface area (TPSA) is 47.3 Å². The standard InChI is InChI=1S/C11H13IN2O/c12-9-4-1-3-8(7-9)11(14-13)10-5-2-6-15-10/h1,3-5,7,11,14H,2,6,13H2. The molecule has 0 bridgehead atoms. The van der Waals surface area contributed by atoms with Crippen molar-refractivity contribution in [2.75, 3.05) is 6.61 Å². The molecule has 4 heteroatoms. The van der Waals surface area contributed by atoms with Gasteiger partial charge >= 0.3 is 0 Å². The third kappa shape index (κ3) is 2.50. The van der Waals surface area contributed by atoms with Gasteiger partial charge in [-0.05, 0) is 46.4 Å². The van der Waals surface area contributed by atoms with Crippen molar-refractivity contribution in [2.24, 2.45) is 5.84 Å². The molecule has 1 aliphatic heterocycles. The van der Waals surface area contributed by atoms with E-state index in [2.05, 4.69) is 52.3 Å². The Morgan fingerprint density at radius 2 is 2.33 bits per heavy atom. The second-order valence-corrected chi connectivity index (χ2v) is 4.64. The van der Waals surface area contributed by atoms with Gasteiger partial charge in [-0.3, -0.25) is 5.84 Å². The summed E-state index contributed by atoms with van der Waals surface area (Å²) in [4.78, 5) is 0. The van der Waals surface area contributed by atoms with Crippen LogP contribution >= 0.6 is 22.6 Å². The number of halogens is 1. The molecule has 3 N–H and O–H groups in total. The molecule has 0 fully saturated rings. The largest absolute Gasteiger partial charge is 0.496 e. The molecule has 80 valence electrons. The first-order chi connectivity index (χ1) is 7.31. The van der Waals surface area contributed by atoms with E-state index in [4.69, 9.17) is 10.6 Å². The highest BCUT2D eigenvalue weighted by Gasteiger charge is 2.19. The van der Waals surface area contributed by atoms with Gasteiger partial charge in [0.15, 0.2) is 0 Å². The summed E-state index contributed by atoms with van der Waals surface area (Å²) in [5, 5.41) is 0. The lowest BCUT2D eigenvalue weighted by atomic mass is 10.1. The minimum Gasteiger partial charge on any atom is -0.496 e. The summed E-state index contributed by atoms with van der Waals surface area (Å²) in [6.45, 7) is 0.761. The Hall–Kier alpha value is -0.590. The van der Waals surface area contributed by atoms with Gasteiger partial charge in [0, 0.05) is 9.99 Å². The molecule has 1 heterocycles. The summed E-state index contributed by atoms with van der Waals surface area (Å²) in [5.74, 6) is 6.49. The van der Waals surface area contributed by atoms with Crippen LogP contribution in [0, 0.1) is 3.57 Å². The summed E-state index contributed by atoms with van der Waals surface area (Å²) >= 11 is 2.29. The number of benzene rings is 1. The molecule has 15 heavy (non-hydrogen) atoms. The Morgan fingerprint density at radius 3 is 2.93 bits per heavy atom. The highest BCUT2D eigenvalue weighted by Crippen LogP contribution is 2.26. The van der Waals surface area contributed by atoms with Crippen LogP contribution in [0.1, 0.15) is 18.0 Å². The van der Waals surface area contributed by atoms with E-state index < -0.39 is 0 Å². The van der Waals surface area contributed by atoms with Crippen LogP contribution in [-0.4, -0.2) is 6.61 Å². The second kappa shape index (κ2) is 4.96. The Balaban J connectivity index is 2.26. The van der Waals surface area contributed by atoms with Gasteiger partial charge in [0.1, 0.15) is 11.8 Å². The van der Waals surface area contributed by atoms with E-state index in [1.54, 1.807) is 0 Å². The first kappa shape index (κ1) is 10.9. The summed E-state index contributed by atoms with van der Waals surface area (Å²) in [6, 6.07) is 8.21. The zero-order valence-corrected chi connectivity index (χ0v) is 10.4. The van der Waals surface area contributed by atoms with E-state index in [9.17, 15) is 0 Å². The molecule has 0 aromatic heterocycles. The normalized spacial score (nSPS) is 17.1. The molecule has 1 aromatic rings. The van der Waals surface area contributed by atoms with Gasteiger partial charge in [0.25, 0.3) is 0 Å². The maximum atomic E-state index is 5.56. The van der Waals surface area contributed by atoms with E-state index in [-0.39, 0.29) is 6.04 Å². The number of rotatable bonds is 3. The number of hydrogen-bond donors (Lipinski definition) is 2. The molecular formula is C11H13IN2O. The van der Waals surface area contributed by atoms with Crippen molar-refractivity contribution in [3.63, 3.8) is 0 Å². The summed E-state index contributed by atoms with van der Waals surface area (Å²) in [5.41, 5.74) is 3.93. The average Bonchev–Trinajstić information content (AvgIpc) is 2.72. The monoisotopic (exact) mass is 316 g/mol. The molecule has 1 unspecified atom stereocenters. The fraction of sp³-hybridized carbons (Fsp3) is 0.273. The van der Waals surface area contributed by atoms with Gasteiger partial charge in [-0.25, -0.2) is 5.43 Å². The number of hydrogen-bond acceptors (Lipinski definition) is 3. The molecule has 2 rings (SSSR count). The molecule has 0 saturated heterocycles. The van der Waals surface area contributed by atoms with Crippen LogP contribution in [-0.2, 0) is 4.74 Å². The Labute approximate surface area is 103 Å². The maximum Gasteiger partial charge on any atom is 0.115 e. The third-order valence-electron chi connectivity index (χ3n) is 2.37. The number of nitrogens with one attached hydrogen (secondary N) is 1. The minimum atomic E-state index is -0.0257. The molecule has 1 atom stereocenters. The smallest absolute Gasteiger partial charge is 0.115 e. The van der Waals surface area contributed by atoms with Crippen LogP contribution in [0.15, 0.2) is 36.1 Å². The van der Waals surface area contributed by atoms with Crippen molar-refractivity contribution in [3.05, 3.63) is 45.2 Å². The summed E-state index contributed by atoms with van der Waals surface area (Å²) in [6.07, 6.45) is 3.06. The van der Waals surface area contributed by atoms with E-state index in [1.165, 1.54) is 3.57 Å². The maximum absolute atomic E-state index is 5.56. The molecule has 0 saturated carbocycles. The predicted molar refractivity (Wildman–Crippen MR) is 67.9 cm³/mol. The summed E-state index contributed by atoms with van der Waals surface area (Å²) < 4.78 is 6.71. The molecule has 0 spiro atoms. The van der Waals surface area contributed by atoms with Crippen molar-refractivity contribution >= 4 is 22.6 Å². The molecule has 0 amide bonds. The van der Waals surface area contributed by atoms with Crippen LogP contribution in [0.3, 0.4) is 0 Å². The highest BCUT2D eigenvalue weighted by atomic mass is 127. The fourth-order valence-electron chi connectivity index (χ4n) is 1.67. The average molecular weight is 316 g/mol. The van der Waals surface area contributed by atoms with Crippen molar-refractivity contribution < 1.29 is 4.74 Å². The van der Waals surface area contributed by atoms with E-state index in [0.717, 1.165) is 24.4 Å². The van der Waals surface area contributed by atoms with E-state index >= 15 is 0 Å². The third-order valence-corrected chi connectivity index (χ3v) is 3.04. The highest BCUT2D eigenvalue weighted by molar-refractivity contribution is 14.1. The summed E-state index contributed by atoms with van der Waals surface area (Å²) in [7, 11) is 0. The Bertz CT molecular complexity index is 379. The lowest BCUT2D eigenvalue weighted by Crippen LogP contribution is -2.29. The van der Waals surface area contributed by atoms with Crippen LogP contribution in [0.5, 0.6) is 0 Å². The second-order valence-electron chi connectivity index (χ2n) is 3.40. The van der Waals surface area contributed by atoms with Crippen molar-refractivity contribution in [3.8, 4) is 0 Å². The SMILES string of the molecule is NNC(C1=CCCO1)c1cccc(I)c1. The molecular weight excluding hydrogens is 303 g/mol. The molecule has 1 aromatic carbocycles. The molecule has 3 nitrogen and oxygen atoms in total. The quantitative estimate of drug-likeness (QED) is 0.510. The van der Waals surface area contributed by atoms with E-state index in [0.29, 0.717) is 0 Å². The van der Waals surface area contributed by atoms with Crippen LogP contribution < -0.4 is 11.3 Å². The number of nitrogens with two attached hydrogens (primary N) is 1. The van der Waals surface area contributed by atoms with Crippen LogP contribution in [0.4, 0.5) is 0 Å². The lowest BCUT2D eigenvalue weighted by molar-refractivity contribution is 0.215. The zero-order valence-electron chi connectivity index (χ0n) is 8.24. The minimum absolute atomic E-state index is 0.0257. The van der Waals surface area contributed by atoms with Gasteiger partial charge in [0.2, 0.25) is 0 Å². The van der Waals surface area contributed by atoms with Gasteiger partial charge in [-0.1, -0.05) is 12.1 Å². The Kier molecular flexibility index (Phi) is 3.61. The number of ether oxygens (including phenoxy) is 1. The van der Waals surface area contributed by atoms with Gasteiger partial charge in [-0.2, -0.15) is 0 Å².